The molecule has 0 aliphatic carbocycles. The van der Waals surface area contributed by atoms with Crippen LogP contribution in [0.4, 0.5) is 0 Å². The Hall–Kier alpha value is -2.11. The van der Waals surface area contributed by atoms with Crippen LogP contribution in [0.25, 0.3) is 11.1 Å². The zero-order valence-corrected chi connectivity index (χ0v) is 11.1. The molecule has 0 amide bonds. The molecule has 1 heterocycles. The second-order valence-electron chi connectivity index (χ2n) is 4.22. The molecule has 0 spiro atoms. The maximum absolute atomic E-state index is 11.5. The SMILES string of the molecule is O=C(O)c1ccc(-c2c[nH]c(=O)c(CCO)c2)cc1Cl. The molecular formula is C14H12ClNO4. The number of aliphatic hydroxyl groups excluding tert-OH is 1. The van der Waals surface area contributed by atoms with Gasteiger partial charge in [-0.25, -0.2) is 4.79 Å². The topological polar surface area (TPSA) is 90.4 Å². The first kappa shape index (κ1) is 14.3. The van der Waals surface area contributed by atoms with Gasteiger partial charge in [0.05, 0.1) is 10.6 Å². The van der Waals surface area contributed by atoms with Crippen molar-refractivity contribution in [2.75, 3.05) is 6.61 Å². The number of rotatable bonds is 4. The molecular weight excluding hydrogens is 282 g/mol. The van der Waals surface area contributed by atoms with Gasteiger partial charge in [0.1, 0.15) is 0 Å². The molecule has 0 saturated heterocycles. The van der Waals surface area contributed by atoms with Crippen molar-refractivity contribution >= 4 is 17.6 Å². The molecule has 0 bridgehead atoms. The summed E-state index contributed by atoms with van der Waals surface area (Å²) in [5, 5.41) is 18.0. The summed E-state index contributed by atoms with van der Waals surface area (Å²) in [7, 11) is 0. The summed E-state index contributed by atoms with van der Waals surface area (Å²) < 4.78 is 0. The van der Waals surface area contributed by atoms with Gasteiger partial charge >= 0.3 is 5.97 Å². The Morgan fingerprint density at radius 3 is 2.60 bits per heavy atom. The van der Waals surface area contributed by atoms with E-state index in [9.17, 15) is 9.59 Å². The molecule has 20 heavy (non-hydrogen) atoms. The highest BCUT2D eigenvalue weighted by Crippen LogP contribution is 2.25. The summed E-state index contributed by atoms with van der Waals surface area (Å²) in [5.74, 6) is -1.09. The van der Waals surface area contributed by atoms with Gasteiger partial charge in [-0.15, -0.1) is 0 Å². The first-order chi connectivity index (χ1) is 9.52. The highest BCUT2D eigenvalue weighted by atomic mass is 35.5. The van der Waals surface area contributed by atoms with Crippen molar-refractivity contribution in [2.45, 2.75) is 6.42 Å². The molecule has 0 unspecified atom stereocenters. The second-order valence-corrected chi connectivity index (χ2v) is 4.62. The highest BCUT2D eigenvalue weighted by Gasteiger charge is 2.10. The third-order valence-electron chi connectivity index (χ3n) is 2.89. The summed E-state index contributed by atoms with van der Waals surface area (Å²) in [6, 6.07) is 6.21. The molecule has 1 aromatic heterocycles. The third-order valence-corrected chi connectivity index (χ3v) is 3.21. The van der Waals surface area contributed by atoms with E-state index in [0.29, 0.717) is 16.7 Å². The van der Waals surface area contributed by atoms with E-state index in [1.165, 1.54) is 18.3 Å². The summed E-state index contributed by atoms with van der Waals surface area (Å²) in [6.07, 6.45) is 1.78. The number of halogens is 1. The van der Waals surface area contributed by atoms with E-state index in [0.717, 1.165) is 0 Å². The Balaban J connectivity index is 2.46. The van der Waals surface area contributed by atoms with Gasteiger partial charge in [-0.2, -0.15) is 0 Å². The van der Waals surface area contributed by atoms with E-state index < -0.39 is 5.97 Å². The largest absolute Gasteiger partial charge is 0.478 e. The summed E-state index contributed by atoms with van der Waals surface area (Å²) in [6.45, 7) is -0.120. The zero-order chi connectivity index (χ0) is 14.7. The van der Waals surface area contributed by atoms with Crippen molar-refractivity contribution in [1.82, 2.24) is 4.98 Å². The van der Waals surface area contributed by atoms with Gasteiger partial charge in [0.15, 0.2) is 0 Å². The van der Waals surface area contributed by atoms with Crippen LogP contribution in [0, 0.1) is 0 Å². The summed E-state index contributed by atoms with van der Waals surface area (Å²) >= 11 is 5.91. The van der Waals surface area contributed by atoms with E-state index in [1.54, 1.807) is 12.1 Å². The van der Waals surface area contributed by atoms with Crippen molar-refractivity contribution in [3.05, 3.63) is 57.0 Å². The number of benzene rings is 1. The maximum Gasteiger partial charge on any atom is 0.337 e. The number of aromatic carboxylic acids is 1. The van der Waals surface area contributed by atoms with E-state index in [-0.39, 0.29) is 29.2 Å². The fourth-order valence-electron chi connectivity index (χ4n) is 1.87. The lowest BCUT2D eigenvalue weighted by Gasteiger charge is -2.06. The van der Waals surface area contributed by atoms with Gasteiger partial charge in [-0.3, -0.25) is 4.79 Å². The number of H-pyrrole nitrogens is 1. The molecule has 6 heteroatoms. The quantitative estimate of drug-likeness (QED) is 0.803. The van der Waals surface area contributed by atoms with Crippen molar-refractivity contribution in [3.8, 4) is 11.1 Å². The lowest BCUT2D eigenvalue weighted by Crippen LogP contribution is -2.13. The fraction of sp³-hybridized carbons (Fsp3) is 0.143. The lowest BCUT2D eigenvalue weighted by atomic mass is 10.0. The Labute approximate surface area is 119 Å². The predicted molar refractivity (Wildman–Crippen MR) is 75.3 cm³/mol. The van der Waals surface area contributed by atoms with Crippen molar-refractivity contribution in [3.63, 3.8) is 0 Å². The molecule has 5 nitrogen and oxygen atoms in total. The molecule has 2 aromatic rings. The zero-order valence-electron chi connectivity index (χ0n) is 10.4. The molecule has 0 radical (unpaired) electrons. The average Bonchev–Trinajstić information content (AvgIpc) is 2.41. The minimum absolute atomic E-state index is 0.0235. The van der Waals surface area contributed by atoms with E-state index in [2.05, 4.69) is 4.98 Å². The van der Waals surface area contributed by atoms with Crippen molar-refractivity contribution in [2.24, 2.45) is 0 Å². The molecule has 3 N–H and O–H groups in total. The number of hydrogen-bond acceptors (Lipinski definition) is 3. The number of carboxylic acid groups (broad SMARTS) is 1. The number of carboxylic acids is 1. The van der Waals surface area contributed by atoms with Gasteiger partial charge in [0, 0.05) is 24.8 Å². The van der Waals surface area contributed by atoms with Crippen LogP contribution >= 0.6 is 11.6 Å². The smallest absolute Gasteiger partial charge is 0.337 e. The molecule has 0 atom stereocenters. The number of aromatic nitrogens is 1. The van der Waals surface area contributed by atoms with Crippen molar-refractivity contribution in [1.29, 1.82) is 0 Å². The molecule has 104 valence electrons. The molecule has 1 aromatic carbocycles. The van der Waals surface area contributed by atoms with Crippen LogP contribution in [0.15, 0.2) is 35.3 Å². The van der Waals surface area contributed by atoms with E-state index in [1.807, 2.05) is 0 Å². The first-order valence-electron chi connectivity index (χ1n) is 5.88. The van der Waals surface area contributed by atoms with Crippen LogP contribution in [0.3, 0.4) is 0 Å². The minimum atomic E-state index is -1.09. The monoisotopic (exact) mass is 293 g/mol. The number of aromatic amines is 1. The van der Waals surface area contributed by atoms with Crippen LogP contribution < -0.4 is 5.56 Å². The Morgan fingerprint density at radius 2 is 2.00 bits per heavy atom. The van der Waals surface area contributed by atoms with Crippen LogP contribution in [0.2, 0.25) is 5.02 Å². The number of pyridine rings is 1. The third kappa shape index (κ3) is 2.89. The fourth-order valence-corrected chi connectivity index (χ4v) is 2.13. The number of nitrogens with one attached hydrogen (secondary N) is 1. The Bertz CT molecular complexity index is 709. The standard InChI is InChI=1S/C14H12ClNO4/c15-12-6-8(1-2-11(12)14(19)20)10-5-9(3-4-17)13(18)16-7-10/h1-2,5-7,17H,3-4H2,(H,16,18)(H,19,20). The van der Waals surface area contributed by atoms with Crippen LogP contribution in [-0.4, -0.2) is 27.8 Å². The summed E-state index contributed by atoms with van der Waals surface area (Å²) in [5.41, 5.74) is 1.62. The molecule has 0 saturated carbocycles. The molecule has 0 fully saturated rings. The lowest BCUT2D eigenvalue weighted by molar-refractivity contribution is 0.0697. The number of hydrogen-bond donors (Lipinski definition) is 3. The average molecular weight is 294 g/mol. The van der Waals surface area contributed by atoms with Gasteiger partial charge in [-0.1, -0.05) is 17.7 Å². The minimum Gasteiger partial charge on any atom is -0.478 e. The van der Waals surface area contributed by atoms with E-state index in [4.69, 9.17) is 21.8 Å². The van der Waals surface area contributed by atoms with Gasteiger partial charge in [0.25, 0.3) is 5.56 Å². The summed E-state index contributed by atoms with van der Waals surface area (Å²) in [4.78, 5) is 25.0. The van der Waals surface area contributed by atoms with Gasteiger partial charge < -0.3 is 15.2 Å². The number of aliphatic hydroxyl groups is 1. The molecule has 2 rings (SSSR count). The highest BCUT2D eigenvalue weighted by molar-refractivity contribution is 6.33. The van der Waals surface area contributed by atoms with E-state index >= 15 is 0 Å². The first-order valence-corrected chi connectivity index (χ1v) is 6.26. The second kappa shape index (κ2) is 5.90. The Morgan fingerprint density at radius 1 is 1.25 bits per heavy atom. The predicted octanol–water partition coefficient (Wildman–Crippen LogP) is 1.93. The number of carbonyl (C=O) groups is 1. The van der Waals surface area contributed by atoms with Crippen molar-refractivity contribution < 1.29 is 15.0 Å². The normalized spacial score (nSPS) is 10.5. The molecule has 0 aliphatic rings. The molecule has 0 aliphatic heterocycles. The Kier molecular flexibility index (Phi) is 4.22. The van der Waals surface area contributed by atoms with Gasteiger partial charge in [-0.05, 0) is 29.3 Å². The van der Waals surface area contributed by atoms with Crippen LogP contribution in [0.5, 0.6) is 0 Å². The maximum atomic E-state index is 11.5. The van der Waals surface area contributed by atoms with Gasteiger partial charge in [0.2, 0.25) is 0 Å². The van der Waals surface area contributed by atoms with Crippen LogP contribution in [-0.2, 0) is 6.42 Å². The van der Waals surface area contributed by atoms with Crippen LogP contribution in [0.1, 0.15) is 15.9 Å².